The van der Waals surface area contributed by atoms with Crippen LogP contribution >= 0.6 is 0 Å². The quantitative estimate of drug-likeness (QED) is 0.715. The predicted octanol–water partition coefficient (Wildman–Crippen LogP) is 1.94. The van der Waals surface area contributed by atoms with Gasteiger partial charge >= 0.3 is 5.97 Å². The van der Waals surface area contributed by atoms with E-state index in [1.165, 1.54) is 0 Å². The maximum Gasteiger partial charge on any atom is 0.338 e. The highest BCUT2D eigenvalue weighted by Gasteiger charge is 2.13. The van der Waals surface area contributed by atoms with Crippen molar-refractivity contribution in [3.05, 3.63) is 23.8 Å². The smallest absolute Gasteiger partial charge is 0.338 e. The van der Waals surface area contributed by atoms with Crippen molar-refractivity contribution in [3.8, 4) is 5.75 Å². The van der Waals surface area contributed by atoms with Crippen LogP contribution in [0.1, 0.15) is 37.0 Å². The molecule has 0 fully saturated rings. The first-order valence-corrected chi connectivity index (χ1v) is 7.06. The third kappa shape index (κ3) is 5.43. The van der Waals surface area contributed by atoms with Crippen molar-refractivity contribution in [2.75, 3.05) is 25.1 Å². The molecule has 0 bridgehead atoms. The molecule has 0 aliphatic carbocycles. The van der Waals surface area contributed by atoms with Crippen LogP contribution in [-0.2, 0) is 9.53 Å². The summed E-state index contributed by atoms with van der Waals surface area (Å²) < 4.78 is 10.5. The van der Waals surface area contributed by atoms with Crippen LogP contribution in [0.15, 0.2) is 18.2 Å². The number of carbonyl (C=O) groups excluding carboxylic acids is 2. The number of hydrogen-bond acceptors (Lipinski definition) is 5. The summed E-state index contributed by atoms with van der Waals surface area (Å²) in [5.74, 6) is -0.161. The molecule has 1 amide bonds. The number of nitrogens with two attached hydrogens (primary N) is 1. The number of esters is 1. The summed E-state index contributed by atoms with van der Waals surface area (Å²) >= 11 is 0. The molecule has 1 aromatic rings. The Morgan fingerprint density at radius 3 is 2.67 bits per heavy atom. The molecule has 0 aliphatic heterocycles. The summed E-state index contributed by atoms with van der Waals surface area (Å²) in [6.07, 6.45) is 0.989. The van der Waals surface area contributed by atoms with Crippen molar-refractivity contribution in [2.24, 2.45) is 5.73 Å². The zero-order valence-electron chi connectivity index (χ0n) is 12.5. The van der Waals surface area contributed by atoms with Gasteiger partial charge in [-0.25, -0.2) is 4.79 Å². The summed E-state index contributed by atoms with van der Waals surface area (Å²) in [5.41, 5.74) is 6.25. The molecule has 116 valence electrons. The number of amides is 1. The van der Waals surface area contributed by atoms with Gasteiger partial charge in [-0.05, 0) is 31.5 Å². The van der Waals surface area contributed by atoms with Gasteiger partial charge in [0.05, 0.1) is 24.5 Å². The molecule has 0 aliphatic rings. The van der Waals surface area contributed by atoms with E-state index >= 15 is 0 Å². The highest BCUT2D eigenvalue weighted by molar-refractivity contribution is 5.95. The SMILES string of the molecule is CCCOC(=O)c1ccc(NC(=O)CCN)c(OCC)c1. The second-order valence-electron chi connectivity index (χ2n) is 4.37. The van der Waals surface area contributed by atoms with Gasteiger partial charge in [0.2, 0.25) is 5.91 Å². The first-order chi connectivity index (χ1) is 10.1. The normalized spacial score (nSPS) is 10.0. The van der Waals surface area contributed by atoms with Gasteiger partial charge in [-0.1, -0.05) is 6.92 Å². The van der Waals surface area contributed by atoms with Gasteiger partial charge in [-0.2, -0.15) is 0 Å². The Morgan fingerprint density at radius 2 is 2.05 bits per heavy atom. The molecule has 21 heavy (non-hydrogen) atoms. The number of nitrogens with one attached hydrogen (secondary N) is 1. The van der Waals surface area contributed by atoms with Gasteiger partial charge in [0.15, 0.2) is 0 Å². The Bertz CT molecular complexity index is 489. The first kappa shape index (κ1) is 17.0. The van der Waals surface area contributed by atoms with Crippen molar-refractivity contribution < 1.29 is 19.1 Å². The van der Waals surface area contributed by atoms with E-state index in [2.05, 4.69) is 5.32 Å². The first-order valence-electron chi connectivity index (χ1n) is 7.06. The third-order valence-electron chi connectivity index (χ3n) is 2.60. The summed E-state index contributed by atoms with van der Waals surface area (Å²) in [7, 11) is 0. The Hall–Kier alpha value is -2.08. The fraction of sp³-hybridized carbons (Fsp3) is 0.467. The van der Waals surface area contributed by atoms with E-state index in [1.807, 2.05) is 13.8 Å². The molecule has 0 saturated carbocycles. The Labute approximate surface area is 124 Å². The fourth-order valence-corrected chi connectivity index (χ4v) is 1.65. The summed E-state index contributed by atoms with van der Waals surface area (Å²) in [6.45, 7) is 4.82. The average Bonchev–Trinajstić information content (AvgIpc) is 2.47. The van der Waals surface area contributed by atoms with E-state index in [4.69, 9.17) is 15.2 Å². The highest BCUT2D eigenvalue weighted by Crippen LogP contribution is 2.26. The number of anilines is 1. The van der Waals surface area contributed by atoms with Gasteiger partial charge in [-0.15, -0.1) is 0 Å². The van der Waals surface area contributed by atoms with Crippen molar-refractivity contribution in [2.45, 2.75) is 26.7 Å². The van der Waals surface area contributed by atoms with Gasteiger partial charge in [0.1, 0.15) is 5.75 Å². The average molecular weight is 294 g/mol. The minimum Gasteiger partial charge on any atom is -0.492 e. The molecule has 0 saturated heterocycles. The third-order valence-corrected chi connectivity index (χ3v) is 2.60. The highest BCUT2D eigenvalue weighted by atomic mass is 16.5. The fourth-order valence-electron chi connectivity index (χ4n) is 1.65. The van der Waals surface area contributed by atoms with Crippen LogP contribution in [0.25, 0.3) is 0 Å². The molecule has 0 spiro atoms. The zero-order chi connectivity index (χ0) is 15.7. The molecule has 0 radical (unpaired) electrons. The van der Waals surface area contributed by atoms with Crippen molar-refractivity contribution >= 4 is 17.6 Å². The molecule has 6 heteroatoms. The molecule has 0 atom stereocenters. The number of hydrogen-bond donors (Lipinski definition) is 2. The van der Waals surface area contributed by atoms with Crippen molar-refractivity contribution in [1.29, 1.82) is 0 Å². The molecule has 0 aromatic heterocycles. The molecular formula is C15H22N2O4. The van der Waals surface area contributed by atoms with E-state index in [1.54, 1.807) is 18.2 Å². The lowest BCUT2D eigenvalue weighted by atomic mass is 10.2. The molecule has 6 nitrogen and oxygen atoms in total. The van der Waals surface area contributed by atoms with Gasteiger partial charge in [0.25, 0.3) is 0 Å². The maximum absolute atomic E-state index is 11.8. The van der Waals surface area contributed by atoms with Crippen LogP contribution in [0, 0.1) is 0 Å². The van der Waals surface area contributed by atoms with Gasteiger partial charge in [-0.3, -0.25) is 4.79 Å². The molecule has 3 N–H and O–H groups in total. The van der Waals surface area contributed by atoms with Crippen LogP contribution in [0.2, 0.25) is 0 Å². The Morgan fingerprint density at radius 1 is 1.29 bits per heavy atom. The lowest BCUT2D eigenvalue weighted by molar-refractivity contribution is -0.116. The topological polar surface area (TPSA) is 90.7 Å². The van der Waals surface area contributed by atoms with Gasteiger partial charge in [0, 0.05) is 13.0 Å². The maximum atomic E-state index is 11.8. The van der Waals surface area contributed by atoms with Crippen molar-refractivity contribution in [3.63, 3.8) is 0 Å². The van der Waals surface area contributed by atoms with Gasteiger partial charge < -0.3 is 20.5 Å². The summed E-state index contributed by atoms with van der Waals surface area (Å²) in [6, 6.07) is 4.79. The van der Waals surface area contributed by atoms with E-state index in [0.29, 0.717) is 30.2 Å². The van der Waals surface area contributed by atoms with Crippen LogP contribution in [-0.4, -0.2) is 31.6 Å². The van der Waals surface area contributed by atoms with Crippen LogP contribution in [0.5, 0.6) is 5.75 Å². The molecule has 1 rings (SSSR count). The second kappa shape index (κ2) is 8.97. The summed E-state index contributed by atoms with van der Waals surface area (Å²) in [4.78, 5) is 23.4. The molecule has 0 unspecified atom stereocenters. The molecule has 1 aromatic carbocycles. The lowest BCUT2D eigenvalue weighted by Crippen LogP contribution is -2.17. The van der Waals surface area contributed by atoms with Crippen LogP contribution in [0.4, 0.5) is 5.69 Å². The minimum atomic E-state index is -0.405. The summed E-state index contributed by atoms with van der Waals surface area (Å²) in [5, 5.41) is 2.71. The van der Waals surface area contributed by atoms with E-state index < -0.39 is 5.97 Å². The monoisotopic (exact) mass is 294 g/mol. The van der Waals surface area contributed by atoms with Crippen molar-refractivity contribution in [1.82, 2.24) is 0 Å². The number of rotatable bonds is 8. The van der Waals surface area contributed by atoms with E-state index in [0.717, 1.165) is 6.42 Å². The largest absolute Gasteiger partial charge is 0.492 e. The Balaban J connectivity index is 2.90. The molecular weight excluding hydrogens is 272 g/mol. The van der Waals surface area contributed by atoms with Crippen LogP contribution in [0.3, 0.4) is 0 Å². The number of benzene rings is 1. The predicted molar refractivity (Wildman–Crippen MR) is 80.5 cm³/mol. The standard InChI is InChI=1S/C15H22N2O4/c1-3-9-21-15(19)11-5-6-12(13(10-11)20-4-2)17-14(18)7-8-16/h5-6,10H,3-4,7-9,16H2,1-2H3,(H,17,18). The zero-order valence-corrected chi connectivity index (χ0v) is 12.5. The van der Waals surface area contributed by atoms with E-state index in [9.17, 15) is 9.59 Å². The lowest BCUT2D eigenvalue weighted by Gasteiger charge is -2.13. The van der Waals surface area contributed by atoms with Crippen LogP contribution < -0.4 is 15.8 Å². The minimum absolute atomic E-state index is 0.195. The number of ether oxygens (including phenoxy) is 2. The van der Waals surface area contributed by atoms with E-state index in [-0.39, 0.29) is 18.9 Å². The number of carbonyl (C=O) groups is 2. The Kier molecular flexibility index (Phi) is 7.25. The second-order valence-corrected chi connectivity index (χ2v) is 4.37. The molecule has 0 heterocycles.